The number of nitrogens with one attached hydrogen (secondary N) is 2. The zero-order valence-corrected chi connectivity index (χ0v) is 28.6. The monoisotopic (exact) mass is 677 g/mol. The first kappa shape index (κ1) is 36.1. The third-order valence-electron chi connectivity index (χ3n) is 7.62. The average Bonchev–Trinajstić information content (AvgIpc) is 3.38. The standard InChI is InChI=1S/C35H43N5O7S/c1-22(2)20-40(48(44,45)30-13-11-29(46-5)12-14-30)21-32(41)31(15-25-9-7-6-8-10-25)39-35(43)27-16-26(17-28(36)18-27)34(42)37-19-33-23(3)38-24(4)47-33/h6-14,16-18,22,31-32,41H,15,19-21,36H2,1-5H3,(H,37,42)(H,39,43)/t31-,32+/m0/s1. The Labute approximate surface area is 281 Å². The van der Waals surface area contributed by atoms with Gasteiger partial charge in [0, 0.05) is 36.8 Å². The van der Waals surface area contributed by atoms with Gasteiger partial charge in [0.05, 0.1) is 36.4 Å². The molecule has 0 aliphatic heterocycles. The van der Waals surface area contributed by atoms with Gasteiger partial charge in [0.25, 0.3) is 11.8 Å². The Morgan fingerprint density at radius 1 is 0.979 bits per heavy atom. The van der Waals surface area contributed by atoms with Crippen molar-refractivity contribution in [1.29, 1.82) is 0 Å². The summed E-state index contributed by atoms with van der Waals surface area (Å²) in [4.78, 5) is 30.9. The van der Waals surface area contributed by atoms with Crippen LogP contribution >= 0.6 is 0 Å². The molecule has 13 heteroatoms. The number of carbonyl (C=O) groups excluding carboxylic acids is 2. The molecule has 48 heavy (non-hydrogen) atoms. The van der Waals surface area contributed by atoms with Crippen molar-refractivity contribution in [3.63, 3.8) is 0 Å². The highest BCUT2D eigenvalue weighted by Crippen LogP contribution is 2.22. The summed E-state index contributed by atoms with van der Waals surface area (Å²) in [6, 6.07) is 18.7. The normalized spacial score (nSPS) is 12.9. The fraction of sp³-hybridized carbons (Fsp3) is 0.343. The largest absolute Gasteiger partial charge is 0.497 e. The lowest BCUT2D eigenvalue weighted by Crippen LogP contribution is -2.51. The molecule has 0 saturated heterocycles. The lowest BCUT2D eigenvalue weighted by Gasteiger charge is -2.31. The van der Waals surface area contributed by atoms with E-state index in [0.29, 0.717) is 23.1 Å². The second kappa shape index (κ2) is 15.9. The van der Waals surface area contributed by atoms with Crippen molar-refractivity contribution >= 4 is 27.5 Å². The molecule has 3 aromatic carbocycles. The van der Waals surface area contributed by atoms with Crippen molar-refractivity contribution in [3.05, 3.63) is 107 Å². The third kappa shape index (κ3) is 9.43. The fourth-order valence-electron chi connectivity index (χ4n) is 5.23. The number of ether oxygens (including phenoxy) is 1. The summed E-state index contributed by atoms with van der Waals surface area (Å²) in [7, 11) is -2.52. The molecular weight excluding hydrogens is 634 g/mol. The molecule has 0 bridgehead atoms. The van der Waals surface area contributed by atoms with Gasteiger partial charge in [-0.1, -0.05) is 44.2 Å². The van der Waals surface area contributed by atoms with Crippen LogP contribution < -0.4 is 21.1 Å². The number of aliphatic hydroxyl groups is 1. The van der Waals surface area contributed by atoms with Crippen LogP contribution in [0.4, 0.5) is 5.69 Å². The van der Waals surface area contributed by atoms with E-state index in [1.807, 2.05) is 44.2 Å². The number of oxazole rings is 1. The Kier molecular flexibility index (Phi) is 12.0. The van der Waals surface area contributed by atoms with E-state index >= 15 is 0 Å². The number of hydrogen-bond donors (Lipinski definition) is 4. The van der Waals surface area contributed by atoms with E-state index in [1.54, 1.807) is 26.0 Å². The number of aliphatic hydroxyl groups excluding tert-OH is 1. The van der Waals surface area contributed by atoms with Crippen LogP contribution in [0.15, 0.2) is 82.1 Å². The zero-order valence-electron chi connectivity index (χ0n) is 27.8. The lowest BCUT2D eigenvalue weighted by molar-refractivity contribution is 0.0776. The molecule has 0 saturated carbocycles. The Balaban J connectivity index is 1.57. The molecule has 0 spiro atoms. The average molecular weight is 678 g/mol. The smallest absolute Gasteiger partial charge is 0.251 e. The fourth-order valence-corrected chi connectivity index (χ4v) is 6.85. The molecule has 0 radical (unpaired) electrons. The molecular formula is C35H43N5O7S. The van der Waals surface area contributed by atoms with Crippen molar-refractivity contribution in [1.82, 2.24) is 19.9 Å². The van der Waals surface area contributed by atoms with Gasteiger partial charge in [0.2, 0.25) is 10.0 Å². The molecule has 2 atom stereocenters. The first-order valence-electron chi connectivity index (χ1n) is 15.6. The SMILES string of the molecule is COc1ccc(S(=O)(=O)N(CC(C)C)C[C@@H](O)[C@H](Cc2ccccc2)NC(=O)c2cc(N)cc(C(=O)NCc3oc(C)nc3C)c2)cc1. The number of aryl methyl sites for hydroxylation is 2. The molecule has 0 aliphatic carbocycles. The van der Waals surface area contributed by atoms with Crippen molar-refractivity contribution in [2.24, 2.45) is 5.92 Å². The zero-order chi connectivity index (χ0) is 35.0. The van der Waals surface area contributed by atoms with Gasteiger partial charge in [0.1, 0.15) is 11.5 Å². The summed E-state index contributed by atoms with van der Waals surface area (Å²) in [6.45, 7) is 7.20. The van der Waals surface area contributed by atoms with Crippen LogP contribution in [0, 0.1) is 19.8 Å². The van der Waals surface area contributed by atoms with E-state index in [4.69, 9.17) is 14.9 Å². The highest BCUT2D eigenvalue weighted by atomic mass is 32.2. The Morgan fingerprint density at radius 3 is 2.21 bits per heavy atom. The first-order valence-corrected chi connectivity index (χ1v) is 17.0. The number of hydrogen-bond acceptors (Lipinski definition) is 9. The minimum atomic E-state index is -4.02. The van der Waals surface area contributed by atoms with Gasteiger partial charge in [-0.2, -0.15) is 4.31 Å². The number of rotatable bonds is 15. The van der Waals surface area contributed by atoms with Crippen LogP contribution in [0.1, 0.15) is 57.5 Å². The van der Waals surface area contributed by atoms with E-state index in [9.17, 15) is 23.1 Å². The van der Waals surface area contributed by atoms with Crippen LogP contribution in [0.5, 0.6) is 5.75 Å². The van der Waals surface area contributed by atoms with Gasteiger partial charge in [-0.25, -0.2) is 13.4 Å². The van der Waals surface area contributed by atoms with Crippen LogP contribution in [0.3, 0.4) is 0 Å². The molecule has 2 amide bonds. The van der Waals surface area contributed by atoms with E-state index in [1.165, 1.54) is 41.7 Å². The summed E-state index contributed by atoms with van der Waals surface area (Å²) >= 11 is 0. The molecule has 1 heterocycles. The highest BCUT2D eigenvalue weighted by Gasteiger charge is 2.32. The highest BCUT2D eigenvalue weighted by molar-refractivity contribution is 7.89. The topological polar surface area (TPSA) is 177 Å². The predicted molar refractivity (Wildman–Crippen MR) is 182 cm³/mol. The number of nitrogen functional groups attached to an aromatic ring is 1. The quantitative estimate of drug-likeness (QED) is 0.136. The number of nitrogens with two attached hydrogens (primary N) is 1. The number of anilines is 1. The summed E-state index contributed by atoms with van der Waals surface area (Å²) in [5, 5.41) is 17.2. The Bertz CT molecular complexity index is 1810. The molecule has 256 valence electrons. The molecule has 0 unspecified atom stereocenters. The summed E-state index contributed by atoms with van der Waals surface area (Å²) in [6.07, 6.45) is -1.10. The summed E-state index contributed by atoms with van der Waals surface area (Å²) in [5.41, 5.74) is 8.02. The lowest BCUT2D eigenvalue weighted by atomic mass is 10.00. The molecule has 4 rings (SSSR count). The number of methoxy groups -OCH3 is 1. The molecule has 1 aromatic heterocycles. The van der Waals surface area contributed by atoms with Gasteiger partial charge in [-0.05, 0) is 67.3 Å². The number of amides is 2. The van der Waals surface area contributed by atoms with Crippen molar-refractivity contribution < 1.29 is 32.3 Å². The maximum absolute atomic E-state index is 13.8. The minimum Gasteiger partial charge on any atom is -0.497 e. The number of carbonyl (C=O) groups is 2. The third-order valence-corrected chi connectivity index (χ3v) is 9.47. The summed E-state index contributed by atoms with van der Waals surface area (Å²) in [5.74, 6) is 0.391. The van der Waals surface area contributed by atoms with Gasteiger partial charge in [-0.3, -0.25) is 9.59 Å². The molecule has 12 nitrogen and oxygen atoms in total. The number of sulfonamides is 1. The number of benzene rings is 3. The van der Waals surface area contributed by atoms with Crippen LogP contribution in [0.2, 0.25) is 0 Å². The first-order chi connectivity index (χ1) is 22.8. The number of nitrogens with zero attached hydrogens (tertiary/aromatic N) is 2. The van der Waals surface area contributed by atoms with Gasteiger partial charge in [-0.15, -0.1) is 0 Å². The second-order valence-electron chi connectivity index (χ2n) is 12.0. The van der Waals surface area contributed by atoms with E-state index in [2.05, 4.69) is 15.6 Å². The minimum absolute atomic E-state index is 0.0544. The maximum atomic E-state index is 13.8. The van der Waals surface area contributed by atoms with Crippen LogP contribution in [-0.2, 0) is 23.0 Å². The Hall–Kier alpha value is -4.72. The van der Waals surface area contributed by atoms with E-state index in [0.717, 1.165) is 5.56 Å². The van der Waals surface area contributed by atoms with E-state index < -0.39 is 34.0 Å². The molecule has 0 aliphatic rings. The van der Waals surface area contributed by atoms with Crippen molar-refractivity contribution in [2.45, 2.75) is 57.7 Å². The maximum Gasteiger partial charge on any atom is 0.251 e. The van der Waals surface area contributed by atoms with Gasteiger partial charge < -0.3 is 30.6 Å². The number of aromatic nitrogens is 1. The predicted octanol–water partition coefficient (Wildman–Crippen LogP) is 3.86. The molecule has 0 fully saturated rings. The second-order valence-corrected chi connectivity index (χ2v) is 13.9. The van der Waals surface area contributed by atoms with Crippen molar-refractivity contribution in [3.8, 4) is 5.75 Å². The van der Waals surface area contributed by atoms with E-state index in [-0.39, 0.29) is 53.7 Å². The van der Waals surface area contributed by atoms with Crippen molar-refractivity contribution in [2.75, 3.05) is 25.9 Å². The molecule has 4 aromatic rings. The molecule has 5 N–H and O–H groups in total. The summed E-state index contributed by atoms with van der Waals surface area (Å²) < 4.78 is 39.4. The van der Waals surface area contributed by atoms with Gasteiger partial charge in [0.15, 0.2) is 5.89 Å². The van der Waals surface area contributed by atoms with Crippen LogP contribution in [0.25, 0.3) is 0 Å². The Morgan fingerprint density at radius 2 is 1.62 bits per heavy atom. The van der Waals surface area contributed by atoms with Crippen LogP contribution in [-0.4, -0.2) is 67.0 Å². The van der Waals surface area contributed by atoms with Gasteiger partial charge >= 0.3 is 0 Å².